The fraction of sp³-hybridized carbons (Fsp3) is 0.333. The number of fused-ring (bicyclic) bond motifs is 1. The van der Waals surface area contributed by atoms with Gasteiger partial charge in [0.2, 0.25) is 5.82 Å². The molecule has 5 heteroatoms. The Bertz CT molecular complexity index is 548. The molecule has 0 aliphatic rings. The first-order chi connectivity index (χ1) is 8.10. The lowest BCUT2D eigenvalue weighted by molar-refractivity contribution is 0.0685. The lowest BCUT2D eigenvalue weighted by atomic mass is 10.2. The summed E-state index contributed by atoms with van der Waals surface area (Å²) in [4.78, 5) is 17.5. The molecule has 17 heavy (non-hydrogen) atoms. The number of aromatic nitrogens is 2. The van der Waals surface area contributed by atoms with Crippen LogP contribution in [-0.2, 0) is 0 Å². The average molecular weight is 233 g/mol. The maximum absolute atomic E-state index is 10.8. The molecule has 0 aliphatic carbocycles. The first-order valence-corrected chi connectivity index (χ1v) is 5.59. The fourth-order valence-corrected chi connectivity index (χ4v) is 1.59. The summed E-state index contributed by atoms with van der Waals surface area (Å²) in [6.07, 6.45) is 1.03. The summed E-state index contributed by atoms with van der Waals surface area (Å²) in [5.41, 5.74) is 2.36. The Labute approximate surface area is 98.9 Å². The van der Waals surface area contributed by atoms with Crippen LogP contribution in [0.1, 0.15) is 30.9 Å². The van der Waals surface area contributed by atoms with Gasteiger partial charge in [0.15, 0.2) is 0 Å². The molecule has 3 N–H and O–H groups in total. The standard InChI is InChI=1S/C12H15N3O2/c1-3-7(2)13-8-4-5-9-10(6-8)15-11(14-9)12(16)17/h4-7,13H,3H2,1-2H3,(H,14,15)(H,16,17). The van der Waals surface area contributed by atoms with Crippen molar-refractivity contribution in [1.82, 2.24) is 9.97 Å². The van der Waals surface area contributed by atoms with Crippen molar-refractivity contribution in [3.8, 4) is 0 Å². The molecular formula is C12H15N3O2. The van der Waals surface area contributed by atoms with Gasteiger partial charge in [0.1, 0.15) is 0 Å². The van der Waals surface area contributed by atoms with E-state index in [1.54, 1.807) is 0 Å². The van der Waals surface area contributed by atoms with Crippen molar-refractivity contribution in [1.29, 1.82) is 0 Å². The van der Waals surface area contributed by atoms with Crippen molar-refractivity contribution in [3.63, 3.8) is 0 Å². The highest BCUT2D eigenvalue weighted by Gasteiger charge is 2.09. The zero-order chi connectivity index (χ0) is 12.4. The molecule has 2 rings (SSSR count). The predicted octanol–water partition coefficient (Wildman–Crippen LogP) is 2.47. The quantitative estimate of drug-likeness (QED) is 0.758. The monoisotopic (exact) mass is 233 g/mol. The van der Waals surface area contributed by atoms with E-state index in [0.29, 0.717) is 11.6 Å². The molecule has 1 unspecified atom stereocenters. The number of benzene rings is 1. The third kappa shape index (κ3) is 2.38. The predicted molar refractivity (Wildman–Crippen MR) is 66.4 cm³/mol. The van der Waals surface area contributed by atoms with Crippen molar-refractivity contribution >= 4 is 22.7 Å². The number of nitrogens with one attached hydrogen (secondary N) is 2. The van der Waals surface area contributed by atoms with E-state index in [1.165, 1.54) is 0 Å². The lowest BCUT2D eigenvalue weighted by Gasteiger charge is -2.12. The Morgan fingerprint density at radius 1 is 1.59 bits per heavy atom. The number of rotatable bonds is 4. The van der Waals surface area contributed by atoms with Crippen molar-refractivity contribution in [2.45, 2.75) is 26.3 Å². The van der Waals surface area contributed by atoms with E-state index in [4.69, 9.17) is 5.11 Å². The number of anilines is 1. The van der Waals surface area contributed by atoms with Gasteiger partial charge in [-0.1, -0.05) is 6.92 Å². The SMILES string of the molecule is CCC(C)Nc1ccc2nc(C(=O)O)[nH]c2c1. The number of nitrogens with zero attached hydrogens (tertiary/aromatic N) is 1. The largest absolute Gasteiger partial charge is 0.475 e. The van der Waals surface area contributed by atoms with E-state index < -0.39 is 5.97 Å². The molecule has 0 radical (unpaired) electrons. The molecule has 2 aromatic rings. The second kappa shape index (κ2) is 4.45. The maximum Gasteiger partial charge on any atom is 0.371 e. The fourth-order valence-electron chi connectivity index (χ4n) is 1.59. The van der Waals surface area contributed by atoms with E-state index in [1.807, 2.05) is 18.2 Å². The number of aromatic carboxylic acids is 1. The van der Waals surface area contributed by atoms with E-state index >= 15 is 0 Å². The first-order valence-electron chi connectivity index (χ1n) is 5.59. The van der Waals surface area contributed by atoms with Crippen molar-refractivity contribution in [2.24, 2.45) is 0 Å². The molecule has 0 spiro atoms. The van der Waals surface area contributed by atoms with E-state index in [-0.39, 0.29) is 5.82 Å². The molecule has 1 aromatic heterocycles. The number of hydrogen-bond acceptors (Lipinski definition) is 3. The van der Waals surface area contributed by atoms with Gasteiger partial charge < -0.3 is 15.4 Å². The van der Waals surface area contributed by atoms with Gasteiger partial charge in [-0.15, -0.1) is 0 Å². The van der Waals surface area contributed by atoms with Crippen molar-refractivity contribution in [2.75, 3.05) is 5.32 Å². The van der Waals surface area contributed by atoms with Crippen LogP contribution in [0.15, 0.2) is 18.2 Å². The minimum atomic E-state index is -1.04. The first kappa shape index (κ1) is 11.4. The normalized spacial score (nSPS) is 12.6. The van der Waals surface area contributed by atoms with Gasteiger partial charge in [-0.2, -0.15) is 0 Å². The van der Waals surface area contributed by atoms with Gasteiger partial charge >= 0.3 is 5.97 Å². The van der Waals surface area contributed by atoms with Crippen molar-refractivity contribution in [3.05, 3.63) is 24.0 Å². The highest BCUT2D eigenvalue weighted by Crippen LogP contribution is 2.18. The van der Waals surface area contributed by atoms with Crippen LogP contribution >= 0.6 is 0 Å². The molecule has 0 saturated carbocycles. The molecule has 1 atom stereocenters. The molecule has 90 valence electrons. The summed E-state index contributed by atoms with van der Waals surface area (Å²) < 4.78 is 0. The zero-order valence-corrected chi connectivity index (χ0v) is 9.82. The molecule has 5 nitrogen and oxygen atoms in total. The maximum atomic E-state index is 10.8. The topological polar surface area (TPSA) is 78.0 Å². The van der Waals surface area contributed by atoms with Crippen LogP contribution in [0.4, 0.5) is 5.69 Å². The minimum Gasteiger partial charge on any atom is -0.475 e. The summed E-state index contributed by atoms with van der Waals surface area (Å²) >= 11 is 0. The van der Waals surface area contributed by atoms with Gasteiger partial charge in [-0.05, 0) is 31.5 Å². The van der Waals surface area contributed by atoms with Crippen LogP contribution in [0.5, 0.6) is 0 Å². The van der Waals surface area contributed by atoms with E-state index in [2.05, 4.69) is 29.1 Å². The number of hydrogen-bond donors (Lipinski definition) is 3. The van der Waals surface area contributed by atoms with Gasteiger partial charge in [0.25, 0.3) is 0 Å². The van der Waals surface area contributed by atoms with Crippen LogP contribution in [0, 0.1) is 0 Å². The van der Waals surface area contributed by atoms with Crippen LogP contribution in [0.3, 0.4) is 0 Å². The molecule has 1 aromatic carbocycles. The summed E-state index contributed by atoms with van der Waals surface area (Å²) in [7, 11) is 0. The second-order valence-electron chi connectivity index (χ2n) is 4.08. The highest BCUT2D eigenvalue weighted by atomic mass is 16.4. The second-order valence-corrected chi connectivity index (χ2v) is 4.08. The summed E-state index contributed by atoms with van der Waals surface area (Å²) in [6.45, 7) is 4.20. The van der Waals surface area contributed by atoms with Crippen LogP contribution < -0.4 is 5.32 Å². The van der Waals surface area contributed by atoms with Crippen LogP contribution in [0.2, 0.25) is 0 Å². The molecule has 0 fully saturated rings. The Balaban J connectivity index is 2.33. The van der Waals surface area contributed by atoms with Crippen LogP contribution in [0.25, 0.3) is 11.0 Å². The average Bonchev–Trinajstić information content (AvgIpc) is 2.72. The third-order valence-corrected chi connectivity index (χ3v) is 2.71. The third-order valence-electron chi connectivity index (χ3n) is 2.71. The zero-order valence-electron chi connectivity index (χ0n) is 9.82. The Kier molecular flexibility index (Phi) is 2.99. The summed E-state index contributed by atoms with van der Waals surface area (Å²) in [6, 6.07) is 5.97. The smallest absolute Gasteiger partial charge is 0.371 e. The number of carboxylic acids is 1. The number of H-pyrrole nitrogens is 1. The van der Waals surface area contributed by atoms with Gasteiger partial charge in [0, 0.05) is 11.7 Å². The Hall–Kier alpha value is -2.04. The minimum absolute atomic E-state index is 0.0271. The van der Waals surface area contributed by atoms with E-state index in [0.717, 1.165) is 17.6 Å². The Morgan fingerprint density at radius 2 is 2.35 bits per heavy atom. The van der Waals surface area contributed by atoms with Crippen molar-refractivity contribution < 1.29 is 9.90 Å². The van der Waals surface area contributed by atoms with Crippen LogP contribution in [-0.4, -0.2) is 27.1 Å². The van der Waals surface area contributed by atoms with Gasteiger partial charge in [0.05, 0.1) is 11.0 Å². The Morgan fingerprint density at radius 3 is 3.00 bits per heavy atom. The number of carboxylic acid groups (broad SMARTS) is 1. The number of carbonyl (C=O) groups is 1. The number of imidazole rings is 1. The lowest BCUT2D eigenvalue weighted by Crippen LogP contribution is -2.13. The molecule has 0 saturated heterocycles. The molecule has 0 bridgehead atoms. The van der Waals surface area contributed by atoms with Gasteiger partial charge in [-0.3, -0.25) is 0 Å². The van der Waals surface area contributed by atoms with Gasteiger partial charge in [-0.25, -0.2) is 9.78 Å². The molecular weight excluding hydrogens is 218 g/mol. The molecule has 0 amide bonds. The highest BCUT2D eigenvalue weighted by molar-refractivity contribution is 5.89. The molecule has 1 heterocycles. The molecule has 0 aliphatic heterocycles. The summed E-state index contributed by atoms with van der Waals surface area (Å²) in [5.74, 6) is -1.07. The summed E-state index contributed by atoms with van der Waals surface area (Å²) in [5, 5.41) is 12.2. The van der Waals surface area contributed by atoms with E-state index in [9.17, 15) is 4.79 Å². The number of aromatic amines is 1.